The average Bonchev–Trinajstić information content (AvgIpc) is 2.73. The molecule has 1 aliphatic heterocycles. The van der Waals surface area contributed by atoms with Crippen LogP contribution in [0, 0.1) is 0 Å². The van der Waals surface area contributed by atoms with Crippen molar-refractivity contribution in [2.75, 3.05) is 24.5 Å². The number of rotatable bonds is 3. The highest BCUT2D eigenvalue weighted by molar-refractivity contribution is 5.54. The topological polar surface area (TPSA) is 33.1 Å². The second-order valence-corrected chi connectivity index (χ2v) is 5.00. The molecule has 0 unspecified atom stereocenters. The van der Waals surface area contributed by atoms with Gasteiger partial charge in [0.25, 0.3) is 0 Å². The standard InChI is InChI=1S/C15H20N4/c1-18-10-8-17-15(18)6-9-19-11-7-16-12-13-4-2-3-5-14(13)19/h2-5,8,10,16H,6-7,9,11-12H2,1H3. The molecule has 2 heterocycles. The van der Waals surface area contributed by atoms with Crippen LogP contribution in [0.5, 0.6) is 0 Å². The van der Waals surface area contributed by atoms with E-state index in [0.29, 0.717) is 0 Å². The maximum atomic E-state index is 4.40. The molecule has 0 atom stereocenters. The third-order valence-electron chi connectivity index (χ3n) is 3.73. The van der Waals surface area contributed by atoms with Crippen molar-refractivity contribution in [3.8, 4) is 0 Å². The Morgan fingerprint density at radius 1 is 1.32 bits per heavy atom. The third kappa shape index (κ3) is 2.63. The van der Waals surface area contributed by atoms with Crippen molar-refractivity contribution in [1.82, 2.24) is 14.9 Å². The summed E-state index contributed by atoms with van der Waals surface area (Å²) in [5.74, 6) is 1.15. The highest BCUT2D eigenvalue weighted by Gasteiger charge is 2.14. The lowest BCUT2D eigenvalue weighted by molar-refractivity contribution is 0.675. The van der Waals surface area contributed by atoms with Crippen LogP contribution in [0.4, 0.5) is 5.69 Å². The zero-order valence-electron chi connectivity index (χ0n) is 11.3. The summed E-state index contributed by atoms with van der Waals surface area (Å²) in [4.78, 5) is 6.86. The van der Waals surface area contributed by atoms with Crippen molar-refractivity contribution < 1.29 is 0 Å². The Hall–Kier alpha value is -1.81. The van der Waals surface area contributed by atoms with Gasteiger partial charge in [0.05, 0.1) is 0 Å². The van der Waals surface area contributed by atoms with E-state index >= 15 is 0 Å². The number of fused-ring (bicyclic) bond motifs is 1. The van der Waals surface area contributed by atoms with Crippen molar-refractivity contribution in [2.24, 2.45) is 7.05 Å². The molecule has 1 N–H and O–H groups in total. The first-order chi connectivity index (χ1) is 9.34. The number of anilines is 1. The van der Waals surface area contributed by atoms with E-state index in [0.717, 1.165) is 38.4 Å². The van der Waals surface area contributed by atoms with Gasteiger partial charge >= 0.3 is 0 Å². The summed E-state index contributed by atoms with van der Waals surface area (Å²) in [6, 6.07) is 8.67. The van der Waals surface area contributed by atoms with Gasteiger partial charge in [-0.3, -0.25) is 0 Å². The lowest BCUT2D eigenvalue weighted by Gasteiger charge is -2.24. The minimum Gasteiger partial charge on any atom is -0.370 e. The van der Waals surface area contributed by atoms with Gasteiger partial charge in [0.1, 0.15) is 5.82 Å². The summed E-state index contributed by atoms with van der Waals surface area (Å²) >= 11 is 0. The van der Waals surface area contributed by atoms with E-state index in [1.54, 1.807) is 0 Å². The summed E-state index contributed by atoms with van der Waals surface area (Å²) in [6.07, 6.45) is 4.86. The van der Waals surface area contributed by atoms with Gasteiger partial charge in [-0.25, -0.2) is 4.98 Å². The number of nitrogens with zero attached hydrogens (tertiary/aromatic N) is 3. The van der Waals surface area contributed by atoms with E-state index in [1.165, 1.54) is 11.3 Å². The van der Waals surface area contributed by atoms with Crippen LogP contribution in [-0.2, 0) is 20.0 Å². The molecule has 100 valence electrons. The molecule has 1 aliphatic rings. The maximum absolute atomic E-state index is 4.40. The number of para-hydroxylation sites is 1. The van der Waals surface area contributed by atoms with Gasteiger partial charge in [-0.2, -0.15) is 0 Å². The lowest BCUT2D eigenvalue weighted by atomic mass is 10.1. The summed E-state index contributed by atoms with van der Waals surface area (Å²) in [5, 5.41) is 3.48. The Kier molecular flexibility index (Phi) is 3.51. The summed E-state index contributed by atoms with van der Waals surface area (Å²) in [5.41, 5.74) is 2.75. The van der Waals surface area contributed by atoms with Crippen molar-refractivity contribution in [1.29, 1.82) is 0 Å². The summed E-state index contributed by atoms with van der Waals surface area (Å²) < 4.78 is 2.10. The zero-order valence-corrected chi connectivity index (χ0v) is 11.3. The molecule has 0 saturated heterocycles. The first kappa shape index (κ1) is 12.2. The predicted octanol–water partition coefficient (Wildman–Crippen LogP) is 1.57. The van der Waals surface area contributed by atoms with E-state index in [2.05, 4.69) is 51.1 Å². The fourth-order valence-corrected chi connectivity index (χ4v) is 2.63. The van der Waals surface area contributed by atoms with Gasteiger partial charge in [0, 0.05) is 57.7 Å². The predicted molar refractivity (Wildman–Crippen MR) is 77.3 cm³/mol. The van der Waals surface area contributed by atoms with Crippen molar-refractivity contribution in [2.45, 2.75) is 13.0 Å². The molecule has 19 heavy (non-hydrogen) atoms. The van der Waals surface area contributed by atoms with Crippen molar-refractivity contribution >= 4 is 5.69 Å². The number of aryl methyl sites for hydroxylation is 1. The van der Waals surface area contributed by atoms with E-state index in [-0.39, 0.29) is 0 Å². The molecular formula is C15H20N4. The number of hydrogen-bond acceptors (Lipinski definition) is 3. The van der Waals surface area contributed by atoms with Gasteiger partial charge in [-0.15, -0.1) is 0 Å². The lowest BCUT2D eigenvalue weighted by Crippen LogP contribution is -2.31. The average molecular weight is 256 g/mol. The molecule has 1 aromatic heterocycles. The molecule has 0 bridgehead atoms. The van der Waals surface area contributed by atoms with Gasteiger partial charge < -0.3 is 14.8 Å². The fourth-order valence-electron chi connectivity index (χ4n) is 2.63. The Bertz CT molecular complexity index is 547. The SMILES string of the molecule is Cn1ccnc1CCN1CCNCc2ccccc21. The van der Waals surface area contributed by atoms with E-state index < -0.39 is 0 Å². The summed E-state index contributed by atoms with van der Waals surface area (Å²) in [6.45, 7) is 4.08. The Morgan fingerprint density at radius 2 is 2.21 bits per heavy atom. The first-order valence-corrected chi connectivity index (χ1v) is 6.84. The quantitative estimate of drug-likeness (QED) is 0.905. The second kappa shape index (κ2) is 5.45. The van der Waals surface area contributed by atoms with Gasteiger partial charge in [-0.05, 0) is 11.6 Å². The molecule has 0 radical (unpaired) electrons. The molecule has 0 aliphatic carbocycles. The van der Waals surface area contributed by atoms with Crippen LogP contribution in [0.2, 0.25) is 0 Å². The zero-order chi connectivity index (χ0) is 13.1. The van der Waals surface area contributed by atoms with E-state index in [9.17, 15) is 0 Å². The van der Waals surface area contributed by atoms with Gasteiger partial charge in [0.15, 0.2) is 0 Å². The van der Waals surface area contributed by atoms with Crippen LogP contribution in [0.15, 0.2) is 36.7 Å². The molecule has 0 fully saturated rings. The number of hydrogen-bond donors (Lipinski definition) is 1. The minimum absolute atomic E-state index is 0.967. The monoisotopic (exact) mass is 256 g/mol. The molecule has 4 nitrogen and oxygen atoms in total. The van der Waals surface area contributed by atoms with Crippen LogP contribution >= 0.6 is 0 Å². The Morgan fingerprint density at radius 3 is 3.05 bits per heavy atom. The number of imidazole rings is 1. The van der Waals surface area contributed by atoms with Gasteiger partial charge in [0.2, 0.25) is 0 Å². The highest BCUT2D eigenvalue weighted by atomic mass is 15.2. The Labute approximate surface area is 114 Å². The van der Waals surface area contributed by atoms with Crippen LogP contribution in [0.3, 0.4) is 0 Å². The molecule has 3 rings (SSSR count). The van der Waals surface area contributed by atoms with E-state index in [1.807, 2.05) is 12.4 Å². The highest BCUT2D eigenvalue weighted by Crippen LogP contribution is 2.22. The second-order valence-electron chi connectivity index (χ2n) is 5.00. The fraction of sp³-hybridized carbons (Fsp3) is 0.400. The van der Waals surface area contributed by atoms with Crippen LogP contribution < -0.4 is 10.2 Å². The smallest absolute Gasteiger partial charge is 0.110 e. The van der Waals surface area contributed by atoms with Gasteiger partial charge in [-0.1, -0.05) is 18.2 Å². The largest absolute Gasteiger partial charge is 0.370 e. The van der Waals surface area contributed by atoms with Crippen LogP contribution in [0.25, 0.3) is 0 Å². The molecule has 1 aromatic carbocycles. The van der Waals surface area contributed by atoms with Crippen molar-refractivity contribution in [3.05, 3.63) is 48.0 Å². The van der Waals surface area contributed by atoms with Crippen LogP contribution in [0.1, 0.15) is 11.4 Å². The number of benzene rings is 1. The molecule has 0 spiro atoms. The van der Waals surface area contributed by atoms with Crippen molar-refractivity contribution in [3.63, 3.8) is 0 Å². The normalized spacial score (nSPS) is 15.1. The molecular weight excluding hydrogens is 236 g/mol. The number of aromatic nitrogens is 2. The first-order valence-electron chi connectivity index (χ1n) is 6.84. The molecule has 0 amide bonds. The molecule has 4 heteroatoms. The van der Waals surface area contributed by atoms with E-state index in [4.69, 9.17) is 0 Å². The van der Waals surface area contributed by atoms with Crippen LogP contribution in [-0.4, -0.2) is 29.2 Å². The Balaban J connectivity index is 1.75. The number of nitrogens with one attached hydrogen (secondary N) is 1. The minimum atomic E-state index is 0.967. The maximum Gasteiger partial charge on any atom is 0.110 e. The third-order valence-corrected chi connectivity index (χ3v) is 3.73. The summed E-state index contributed by atoms with van der Waals surface area (Å²) in [7, 11) is 2.06. The molecule has 0 saturated carbocycles. The molecule has 2 aromatic rings.